The number of amides is 1. The number of benzene rings is 3. The van der Waals surface area contributed by atoms with Crippen molar-refractivity contribution in [3.8, 4) is 11.5 Å². The zero-order chi connectivity index (χ0) is 20.8. The largest absolute Gasteiger partial charge is 0.493 e. The molecule has 1 N–H and O–H groups in total. The molecule has 0 saturated heterocycles. The molecule has 150 valence electrons. The molecule has 0 radical (unpaired) electrons. The van der Waals surface area contributed by atoms with Gasteiger partial charge in [0.25, 0.3) is 5.91 Å². The standard InChI is InChI=1S/C22H18Cl3NO3/c1-2-28-21-10-3-14(22(27)26-20-9-6-17(24)12-19(20)25)11-15(21)13-29-18-7-4-16(23)5-8-18/h3-12H,2,13H2,1H3,(H,26,27). The van der Waals surface area contributed by atoms with Crippen LogP contribution in [0.5, 0.6) is 11.5 Å². The lowest BCUT2D eigenvalue weighted by atomic mass is 10.1. The van der Waals surface area contributed by atoms with Gasteiger partial charge in [-0.15, -0.1) is 0 Å². The van der Waals surface area contributed by atoms with Crippen LogP contribution < -0.4 is 14.8 Å². The molecule has 0 aliphatic carbocycles. The number of hydrogen-bond acceptors (Lipinski definition) is 3. The lowest BCUT2D eigenvalue weighted by Crippen LogP contribution is -2.13. The van der Waals surface area contributed by atoms with Crippen molar-refractivity contribution < 1.29 is 14.3 Å². The molecule has 3 aromatic rings. The highest BCUT2D eigenvalue weighted by atomic mass is 35.5. The molecule has 0 spiro atoms. The van der Waals surface area contributed by atoms with Gasteiger partial charge in [-0.25, -0.2) is 0 Å². The first kappa shape index (κ1) is 21.3. The Kier molecular flexibility index (Phi) is 7.26. The van der Waals surface area contributed by atoms with Crippen LogP contribution in [0.2, 0.25) is 15.1 Å². The fraction of sp³-hybridized carbons (Fsp3) is 0.136. The van der Waals surface area contributed by atoms with E-state index in [9.17, 15) is 4.79 Å². The number of hydrogen-bond donors (Lipinski definition) is 1. The first-order chi connectivity index (χ1) is 14.0. The van der Waals surface area contributed by atoms with Crippen LogP contribution in [0.4, 0.5) is 5.69 Å². The van der Waals surface area contributed by atoms with Crippen LogP contribution >= 0.6 is 34.8 Å². The fourth-order valence-electron chi connectivity index (χ4n) is 2.61. The van der Waals surface area contributed by atoms with Gasteiger partial charge >= 0.3 is 0 Å². The molecular formula is C22H18Cl3NO3. The number of carbonyl (C=O) groups is 1. The lowest BCUT2D eigenvalue weighted by Gasteiger charge is -2.14. The molecule has 0 aromatic heterocycles. The molecule has 0 aliphatic rings. The van der Waals surface area contributed by atoms with E-state index < -0.39 is 0 Å². The zero-order valence-electron chi connectivity index (χ0n) is 15.5. The molecule has 0 saturated carbocycles. The van der Waals surface area contributed by atoms with Crippen molar-refractivity contribution >= 4 is 46.4 Å². The number of carbonyl (C=O) groups excluding carboxylic acids is 1. The lowest BCUT2D eigenvalue weighted by molar-refractivity contribution is 0.102. The smallest absolute Gasteiger partial charge is 0.255 e. The molecule has 4 nitrogen and oxygen atoms in total. The summed E-state index contributed by atoms with van der Waals surface area (Å²) in [5, 5.41) is 4.28. The average molecular weight is 451 g/mol. The van der Waals surface area contributed by atoms with E-state index in [2.05, 4.69) is 5.32 Å². The molecule has 7 heteroatoms. The second-order valence-corrected chi connectivity index (χ2v) is 7.36. The summed E-state index contributed by atoms with van der Waals surface area (Å²) in [6, 6.07) is 17.1. The summed E-state index contributed by atoms with van der Waals surface area (Å²) < 4.78 is 11.5. The van der Waals surface area contributed by atoms with Crippen molar-refractivity contribution in [2.45, 2.75) is 13.5 Å². The third-order valence-electron chi connectivity index (χ3n) is 4.01. The summed E-state index contributed by atoms with van der Waals surface area (Å²) in [5.41, 5.74) is 1.68. The maximum atomic E-state index is 12.7. The summed E-state index contributed by atoms with van der Waals surface area (Å²) >= 11 is 17.9. The van der Waals surface area contributed by atoms with Crippen molar-refractivity contribution in [3.63, 3.8) is 0 Å². The predicted octanol–water partition coefficient (Wildman–Crippen LogP) is 6.88. The summed E-state index contributed by atoms with van der Waals surface area (Å²) in [5.74, 6) is 1.02. The van der Waals surface area contributed by atoms with Crippen LogP contribution in [0.3, 0.4) is 0 Å². The van der Waals surface area contributed by atoms with Crippen LogP contribution in [0.25, 0.3) is 0 Å². The molecule has 0 unspecified atom stereocenters. The van der Waals surface area contributed by atoms with Gasteiger partial charge in [-0.2, -0.15) is 0 Å². The molecule has 0 aliphatic heterocycles. The van der Waals surface area contributed by atoms with Gasteiger partial charge in [0.15, 0.2) is 0 Å². The Labute approximate surface area is 184 Å². The van der Waals surface area contributed by atoms with Gasteiger partial charge in [0.1, 0.15) is 18.1 Å². The number of rotatable bonds is 7. The minimum Gasteiger partial charge on any atom is -0.493 e. The van der Waals surface area contributed by atoms with Crippen LogP contribution in [0.15, 0.2) is 60.7 Å². The predicted molar refractivity (Wildman–Crippen MR) is 118 cm³/mol. The molecule has 3 aromatic carbocycles. The SMILES string of the molecule is CCOc1ccc(C(=O)Nc2ccc(Cl)cc2Cl)cc1COc1ccc(Cl)cc1. The minimum atomic E-state index is -0.301. The third-order valence-corrected chi connectivity index (χ3v) is 4.81. The van der Waals surface area contributed by atoms with Crippen molar-refractivity contribution in [2.24, 2.45) is 0 Å². The Morgan fingerprint density at radius 3 is 2.31 bits per heavy atom. The van der Waals surface area contributed by atoms with Crippen molar-refractivity contribution in [1.29, 1.82) is 0 Å². The number of anilines is 1. The quantitative estimate of drug-likeness (QED) is 0.427. The Morgan fingerprint density at radius 1 is 0.897 bits per heavy atom. The van der Waals surface area contributed by atoms with Crippen molar-refractivity contribution in [3.05, 3.63) is 86.9 Å². The summed E-state index contributed by atoms with van der Waals surface area (Å²) in [4.78, 5) is 12.7. The molecule has 1 amide bonds. The van der Waals surface area contributed by atoms with Gasteiger partial charge in [0.2, 0.25) is 0 Å². The molecule has 29 heavy (non-hydrogen) atoms. The molecule has 0 heterocycles. The van der Waals surface area contributed by atoms with E-state index in [-0.39, 0.29) is 12.5 Å². The number of ether oxygens (including phenoxy) is 2. The summed E-state index contributed by atoms with van der Waals surface area (Å²) in [6.45, 7) is 2.63. The van der Waals surface area contributed by atoms with Gasteiger partial charge in [0.05, 0.1) is 17.3 Å². The first-order valence-corrected chi connectivity index (χ1v) is 10.00. The highest BCUT2D eigenvalue weighted by Crippen LogP contribution is 2.27. The normalized spacial score (nSPS) is 10.5. The molecule has 0 atom stereocenters. The average Bonchev–Trinajstić information content (AvgIpc) is 2.70. The molecule has 3 rings (SSSR count). The fourth-order valence-corrected chi connectivity index (χ4v) is 3.19. The second-order valence-electron chi connectivity index (χ2n) is 6.08. The number of halogens is 3. The highest BCUT2D eigenvalue weighted by Gasteiger charge is 2.13. The van der Waals surface area contributed by atoms with Crippen LogP contribution in [-0.2, 0) is 6.61 Å². The van der Waals surface area contributed by atoms with E-state index in [0.29, 0.717) is 44.4 Å². The van der Waals surface area contributed by atoms with Gasteiger partial charge in [-0.1, -0.05) is 34.8 Å². The van der Waals surface area contributed by atoms with E-state index in [1.54, 1.807) is 60.7 Å². The molecule has 0 fully saturated rings. The Bertz CT molecular complexity index is 1010. The zero-order valence-corrected chi connectivity index (χ0v) is 17.8. The van der Waals surface area contributed by atoms with Crippen LogP contribution in [0, 0.1) is 0 Å². The number of nitrogens with one attached hydrogen (secondary N) is 1. The van der Waals surface area contributed by atoms with E-state index >= 15 is 0 Å². The van der Waals surface area contributed by atoms with Crippen molar-refractivity contribution in [2.75, 3.05) is 11.9 Å². The van der Waals surface area contributed by atoms with Gasteiger partial charge < -0.3 is 14.8 Å². The first-order valence-electron chi connectivity index (χ1n) is 8.86. The molecule has 0 bridgehead atoms. The van der Waals surface area contributed by atoms with Gasteiger partial charge in [-0.05, 0) is 67.6 Å². The Hall–Kier alpha value is -2.40. The topological polar surface area (TPSA) is 47.6 Å². The second kappa shape index (κ2) is 9.88. The van der Waals surface area contributed by atoms with E-state index in [1.807, 2.05) is 6.92 Å². The Balaban J connectivity index is 1.79. The van der Waals surface area contributed by atoms with Gasteiger partial charge in [0, 0.05) is 21.2 Å². The van der Waals surface area contributed by atoms with E-state index in [4.69, 9.17) is 44.3 Å². The maximum absolute atomic E-state index is 12.7. The Morgan fingerprint density at radius 2 is 1.62 bits per heavy atom. The van der Waals surface area contributed by atoms with Crippen LogP contribution in [-0.4, -0.2) is 12.5 Å². The van der Waals surface area contributed by atoms with Crippen LogP contribution in [0.1, 0.15) is 22.8 Å². The van der Waals surface area contributed by atoms with E-state index in [1.165, 1.54) is 0 Å². The maximum Gasteiger partial charge on any atom is 0.255 e. The monoisotopic (exact) mass is 449 g/mol. The van der Waals surface area contributed by atoms with Crippen molar-refractivity contribution in [1.82, 2.24) is 0 Å². The highest BCUT2D eigenvalue weighted by molar-refractivity contribution is 6.36. The van der Waals surface area contributed by atoms with Gasteiger partial charge in [-0.3, -0.25) is 4.79 Å². The summed E-state index contributed by atoms with van der Waals surface area (Å²) in [6.07, 6.45) is 0. The third kappa shape index (κ3) is 5.80. The molecular weight excluding hydrogens is 433 g/mol. The van der Waals surface area contributed by atoms with E-state index in [0.717, 1.165) is 5.56 Å². The minimum absolute atomic E-state index is 0.236. The summed E-state index contributed by atoms with van der Waals surface area (Å²) in [7, 11) is 0.